The van der Waals surface area contributed by atoms with Crippen molar-refractivity contribution < 1.29 is 14.7 Å². The third-order valence-corrected chi connectivity index (χ3v) is 3.71. The molecule has 3 rings (SSSR count). The van der Waals surface area contributed by atoms with Crippen LogP contribution in [0, 0.1) is 5.92 Å². The van der Waals surface area contributed by atoms with E-state index in [1.54, 1.807) is 31.2 Å². The Balaban J connectivity index is 2.17. The molecule has 22 heavy (non-hydrogen) atoms. The van der Waals surface area contributed by atoms with Crippen LogP contribution in [0.3, 0.4) is 0 Å². The minimum atomic E-state index is -0.636. The van der Waals surface area contributed by atoms with Crippen molar-refractivity contribution in [2.24, 2.45) is 5.92 Å². The minimum Gasteiger partial charge on any atom is -0.506 e. The van der Waals surface area contributed by atoms with Crippen molar-refractivity contribution in [1.82, 2.24) is 10.0 Å². The van der Waals surface area contributed by atoms with Crippen LogP contribution in [-0.4, -0.2) is 28.9 Å². The van der Waals surface area contributed by atoms with Crippen LogP contribution in [0.2, 0.25) is 0 Å². The Hall–Kier alpha value is -2.50. The summed E-state index contributed by atoms with van der Waals surface area (Å²) >= 11 is 0. The van der Waals surface area contributed by atoms with Gasteiger partial charge in [0.25, 0.3) is 11.5 Å². The molecule has 0 radical (unpaired) electrons. The van der Waals surface area contributed by atoms with Gasteiger partial charge in [0.15, 0.2) is 0 Å². The van der Waals surface area contributed by atoms with Gasteiger partial charge in [0.1, 0.15) is 17.9 Å². The molecule has 0 saturated heterocycles. The number of nitrogens with one attached hydrogen (secondary N) is 1. The number of carbonyl (C=O) groups is 1. The molecule has 6 heteroatoms. The number of aromatic nitrogens is 1. The average molecular weight is 302 g/mol. The average Bonchev–Trinajstić information content (AvgIpc) is 3.32. The monoisotopic (exact) mass is 302 g/mol. The number of hydrogen-bond donors (Lipinski definition) is 2. The van der Waals surface area contributed by atoms with Gasteiger partial charge >= 0.3 is 0 Å². The molecule has 1 fully saturated rings. The molecular weight excluding hydrogens is 284 g/mol. The highest BCUT2D eigenvalue weighted by molar-refractivity contribution is 6.02. The van der Waals surface area contributed by atoms with E-state index >= 15 is 0 Å². The molecule has 0 bridgehead atoms. The Morgan fingerprint density at radius 1 is 1.41 bits per heavy atom. The normalized spacial score (nSPS) is 14.0. The maximum atomic E-state index is 12.6. The van der Waals surface area contributed by atoms with Crippen molar-refractivity contribution in [3.8, 4) is 5.75 Å². The second-order valence-electron chi connectivity index (χ2n) is 5.44. The number of pyridine rings is 1. The number of rotatable bonds is 5. The van der Waals surface area contributed by atoms with Gasteiger partial charge < -0.3 is 15.3 Å². The summed E-state index contributed by atoms with van der Waals surface area (Å²) in [5.74, 6) is -0.440. The van der Waals surface area contributed by atoms with Gasteiger partial charge in [-0.1, -0.05) is 12.1 Å². The molecule has 1 heterocycles. The van der Waals surface area contributed by atoms with Crippen LogP contribution in [0.5, 0.6) is 5.75 Å². The third kappa shape index (κ3) is 2.52. The van der Waals surface area contributed by atoms with Crippen LogP contribution in [0.4, 0.5) is 0 Å². The molecule has 0 atom stereocenters. The van der Waals surface area contributed by atoms with Gasteiger partial charge in [0, 0.05) is 11.9 Å². The van der Waals surface area contributed by atoms with Crippen LogP contribution >= 0.6 is 0 Å². The van der Waals surface area contributed by atoms with E-state index in [1.165, 1.54) is 0 Å². The second kappa shape index (κ2) is 5.71. The first kappa shape index (κ1) is 14.4. The Bertz CT molecular complexity index is 778. The molecule has 0 aliphatic heterocycles. The van der Waals surface area contributed by atoms with Crippen LogP contribution < -0.4 is 15.7 Å². The predicted molar refractivity (Wildman–Crippen MR) is 82.1 cm³/mol. The number of amides is 1. The van der Waals surface area contributed by atoms with Crippen molar-refractivity contribution in [1.29, 1.82) is 0 Å². The highest BCUT2D eigenvalue weighted by atomic mass is 16.7. The molecule has 1 aliphatic carbocycles. The summed E-state index contributed by atoms with van der Waals surface area (Å²) in [6.45, 7) is 2.55. The first-order valence-corrected chi connectivity index (χ1v) is 7.41. The molecule has 6 nitrogen and oxygen atoms in total. The fourth-order valence-electron chi connectivity index (χ4n) is 2.34. The fraction of sp³-hybridized carbons (Fsp3) is 0.375. The molecule has 0 spiro atoms. The zero-order valence-electron chi connectivity index (χ0n) is 12.3. The predicted octanol–water partition coefficient (Wildman–Crippen LogP) is 1.30. The van der Waals surface area contributed by atoms with E-state index in [2.05, 4.69) is 5.32 Å². The van der Waals surface area contributed by atoms with Crippen LogP contribution in [0.25, 0.3) is 10.9 Å². The van der Waals surface area contributed by atoms with Gasteiger partial charge in [0.05, 0.1) is 5.52 Å². The lowest BCUT2D eigenvalue weighted by Gasteiger charge is -2.15. The van der Waals surface area contributed by atoms with Crippen LogP contribution in [-0.2, 0) is 0 Å². The van der Waals surface area contributed by atoms with Crippen molar-refractivity contribution in [3.63, 3.8) is 0 Å². The second-order valence-corrected chi connectivity index (χ2v) is 5.44. The Labute approximate surface area is 127 Å². The number of hydrogen-bond acceptors (Lipinski definition) is 4. The van der Waals surface area contributed by atoms with E-state index in [-0.39, 0.29) is 11.3 Å². The topological polar surface area (TPSA) is 80.6 Å². The summed E-state index contributed by atoms with van der Waals surface area (Å²) in [6.07, 6.45) is 2.18. The molecular formula is C16H18N2O4. The smallest absolute Gasteiger partial charge is 0.300 e. The number of nitrogens with zero attached hydrogens (tertiary/aromatic N) is 1. The standard InChI is InChI=1S/C16H18N2O4/c1-2-17-15(20)13-14(19)11-5-3-4-6-12(11)18(16(13)21)22-9-10-7-8-10/h3-6,10,19H,2,7-9H2,1H3,(H,17,20). The number of carbonyl (C=O) groups excluding carboxylic acids is 1. The number of aromatic hydroxyl groups is 1. The summed E-state index contributed by atoms with van der Waals surface area (Å²) in [4.78, 5) is 30.3. The van der Waals surface area contributed by atoms with E-state index in [1.807, 2.05) is 0 Å². The summed E-state index contributed by atoms with van der Waals surface area (Å²) in [5, 5.41) is 13.3. The maximum absolute atomic E-state index is 12.6. The molecule has 1 saturated carbocycles. The Morgan fingerprint density at radius 2 is 2.14 bits per heavy atom. The van der Waals surface area contributed by atoms with Crippen molar-refractivity contribution in [3.05, 3.63) is 40.2 Å². The Morgan fingerprint density at radius 3 is 2.82 bits per heavy atom. The summed E-state index contributed by atoms with van der Waals surface area (Å²) in [6, 6.07) is 6.83. The Kier molecular flexibility index (Phi) is 3.75. The van der Waals surface area contributed by atoms with Crippen molar-refractivity contribution >= 4 is 16.8 Å². The lowest BCUT2D eigenvalue weighted by molar-refractivity contribution is 0.0912. The van der Waals surface area contributed by atoms with E-state index in [9.17, 15) is 14.7 Å². The molecule has 1 aromatic heterocycles. The third-order valence-electron chi connectivity index (χ3n) is 3.71. The first-order valence-electron chi connectivity index (χ1n) is 7.41. The quantitative estimate of drug-likeness (QED) is 0.872. The molecule has 2 N–H and O–H groups in total. The highest BCUT2D eigenvalue weighted by Crippen LogP contribution is 2.29. The molecule has 0 unspecified atom stereocenters. The summed E-state index contributed by atoms with van der Waals surface area (Å²) < 4.78 is 1.12. The maximum Gasteiger partial charge on any atom is 0.300 e. The van der Waals surface area contributed by atoms with Crippen LogP contribution in [0.15, 0.2) is 29.1 Å². The van der Waals surface area contributed by atoms with Gasteiger partial charge in [-0.15, -0.1) is 4.73 Å². The largest absolute Gasteiger partial charge is 0.506 e. The molecule has 1 aliphatic rings. The molecule has 1 aromatic carbocycles. The van der Waals surface area contributed by atoms with Crippen LogP contribution in [0.1, 0.15) is 30.1 Å². The van der Waals surface area contributed by atoms with E-state index in [0.717, 1.165) is 17.6 Å². The molecule has 116 valence electrons. The van der Waals surface area contributed by atoms with Gasteiger partial charge in [-0.25, -0.2) is 0 Å². The molecule has 1 amide bonds. The molecule has 2 aromatic rings. The highest BCUT2D eigenvalue weighted by Gasteiger charge is 2.25. The van der Waals surface area contributed by atoms with Crippen molar-refractivity contribution in [2.45, 2.75) is 19.8 Å². The van der Waals surface area contributed by atoms with Gasteiger partial charge in [-0.2, -0.15) is 0 Å². The van der Waals surface area contributed by atoms with Crippen molar-refractivity contribution in [2.75, 3.05) is 13.2 Å². The lowest BCUT2D eigenvalue weighted by atomic mass is 10.1. The van der Waals surface area contributed by atoms with Gasteiger partial charge in [-0.05, 0) is 37.8 Å². The summed E-state index contributed by atoms with van der Waals surface area (Å²) in [5.41, 5.74) is -0.460. The first-order chi connectivity index (χ1) is 10.6. The SMILES string of the molecule is CCNC(=O)c1c(O)c2ccccc2n(OCC2CC2)c1=O. The number of para-hydroxylation sites is 1. The minimum absolute atomic E-state index is 0.281. The summed E-state index contributed by atoms with van der Waals surface area (Å²) in [7, 11) is 0. The lowest BCUT2D eigenvalue weighted by Crippen LogP contribution is -2.36. The number of fused-ring (bicyclic) bond motifs is 1. The fourth-order valence-corrected chi connectivity index (χ4v) is 2.34. The van der Waals surface area contributed by atoms with E-state index in [4.69, 9.17) is 4.84 Å². The number of benzene rings is 1. The zero-order chi connectivity index (χ0) is 15.7. The van der Waals surface area contributed by atoms with Gasteiger partial charge in [0.2, 0.25) is 0 Å². The van der Waals surface area contributed by atoms with Gasteiger partial charge in [-0.3, -0.25) is 9.59 Å². The zero-order valence-corrected chi connectivity index (χ0v) is 12.3. The van der Waals surface area contributed by atoms with E-state index in [0.29, 0.717) is 30.0 Å². The van der Waals surface area contributed by atoms with E-state index < -0.39 is 11.5 Å².